The van der Waals surface area contributed by atoms with E-state index in [0.717, 1.165) is 38.0 Å². The summed E-state index contributed by atoms with van der Waals surface area (Å²) in [6.45, 7) is 0.691. The summed E-state index contributed by atoms with van der Waals surface area (Å²) >= 11 is 0. The number of likely N-dealkylation sites (tertiary alicyclic amines) is 1. The Morgan fingerprint density at radius 1 is 1.12 bits per heavy atom. The predicted octanol–water partition coefficient (Wildman–Crippen LogP) is 3.52. The van der Waals surface area contributed by atoms with Crippen molar-refractivity contribution in [1.29, 1.82) is 0 Å². The van der Waals surface area contributed by atoms with Crippen LogP contribution in [0.4, 0.5) is 0 Å². The number of ether oxygens (including phenoxy) is 1. The summed E-state index contributed by atoms with van der Waals surface area (Å²) in [5.74, 6) is 0.576. The molecule has 1 aromatic rings. The van der Waals surface area contributed by atoms with Gasteiger partial charge in [-0.1, -0.05) is 30.7 Å². The molecule has 25 heavy (non-hydrogen) atoms. The van der Waals surface area contributed by atoms with Crippen molar-refractivity contribution in [3.63, 3.8) is 0 Å². The number of nitrogens with zero attached hydrogens (tertiary/aromatic N) is 1. The smallest absolute Gasteiger partial charge is 0.328 e. The first-order valence-corrected chi connectivity index (χ1v) is 9.63. The SMILES string of the molecule is COC(=O)C1CCCCN1C(=O)CCCCC1Cc2ccccc2C1. The van der Waals surface area contributed by atoms with Crippen LogP contribution in [0.2, 0.25) is 0 Å². The lowest BCUT2D eigenvalue weighted by atomic mass is 9.97. The van der Waals surface area contributed by atoms with Crippen molar-refractivity contribution in [2.75, 3.05) is 13.7 Å². The summed E-state index contributed by atoms with van der Waals surface area (Å²) in [5.41, 5.74) is 3.00. The van der Waals surface area contributed by atoms with Crippen LogP contribution in [0.3, 0.4) is 0 Å². The molecule has 0 radical (unpaired) electrons. The summed E-state index contributed by atoms with van der Waals surface area (Å²) in [4.78, 5) is 26.1. The topological polar surface area (TPSA) is 46.6 Å². The number of methoxy groups -OCH3 is 1. The monoisotopic (exact) mass is 343 g/mol. The Hall–Kier alpha value is -1.84. The molecule has 0 aromatic heterocycles. The first-order valence-electron chi connectivity index (χ1n) is 9.63. The maximum absolute atomic E-state index is 12.5. The van der Waals surface area contributed by atoms with Crippen LogP contribution in [0, 0.1) is 5.92 Å². The van der Waals surface area contributed by atoms with Gasteiger partial charge < -0.3 is 9.64 Å². The van der Waals surface area contributed by atoms with Crippen molar-refractivity contribution >= 4 is 11.9 Å². The number of carbonyl (C=O) groups is 2. The van der Waals surface area contributed by atoms with Gasteiger partial charge in [0.2, 0.25) is 5.91 Å². The molecule has 2 aliphatic rings. The molecule has 3 rings (SSSR count). The molecule has 4 heteroatoms. The van der Waals surface area contributed by atoms with Crippen LogP contribution in [0.1, 0.15) is 56.1 Å². The zero-order valence-electron chi connectivity index (χ0n) is 15.2. The third-order valence-corrected chi connectivity index (χ3v) is 5.68. The second-order valence-electron chi connectivity index (χ2n) is 7.41. The van der Waals surface area contributed by atoms with Gasteiger partial charge in [0, 0.05) is 13.0 Å². The Morgan fingerprint density at radius 2 is 1.84 bits per heavy atom. The molecule has 1 aliphatic heterocycles. The number of hydrogen-bond donors (Lipinski definition) is 0. The molecule has 0 N–H and O–H groups in total. The zero-order chi connectivity index (χ0) is 17.6. The Bertz CT molecular complexity index is 588. The molecule has 1 atom stereocenters. The number of benzene rings is 1. The van der Waals surface area contributed by atoms with E-state index in [1.165, 1.54) is 37.5 Å². The maximum atomic E-state index is 12.5. The number of unbranched alkanes of at least 4 members (excludes halogenated alkanes) is 1. The Balaban J connectivity index is 1.40. The molecular weight excluding hydrogens is 314 g/mol. The number of rotatable bonds is 6. The lowest BCUT2D eigenvalue weighted by molar-refractivity contribution is -0.154. The molecule has 0 bridgehead atoms. The highest BCUT2D eigenvalue weighted by atomic mass is 16.5. The van der Waals surface area contributed by atoms with Crippen LogP contribution in [-0.2, 0) is 27.2 Å². The van der Waals surface area contributed by atoms with Gasteiger partial charge in [0.15, 0.2) is 0 Å². The quantitative estimate of drug-likeness (QED) is 0.586. The van der Waals surface area contributed by atoms with Gasteiger partial charge in [-0.25, -0.2) is 4.79 Å². The summed E-state index contributed by atoms with van der Waals surface area (Å²) in [6, 6.07) is 8.35. The van der Waals surface area contributed by atoms with E-state index in [1.54, 1.807) is 4.90 Å². The van der Waals surface area contributed by atoms with Crippen molar-refractivity contribution in [3.05, 3.63) is 35.4 Å². The van der Waals surface area contributed by atoms with E-state index in [9.17, 15) is 9.59 Å². The Kier molecular flexibility index (Phi) is 6.11. The van der Waals surface area contributed by atoms with Crippen molar-refractivity contribution in [2.45, 2.75) is 63.8 Å². The number of fused-ring (bicyclic) bond motifs is 1. The van der Waals surface area contributed by atoms with E-state index in [4.69, 9.17) is 4.74 Å². The Labute approximate surface area is 150 Å². The van der Waals surface area contributed by atoms with Gasteiger partial charge >= 0.3 is 5.97 Å². The van der Waals surface area contributed by atoms with Crippen LogP contribution < -0.4 is 0 Å². The second-order valence-corrected chi connectivity index (χ2v) is 7.41. The number of piperidine rings is 1. The predicted molar refractivity (Wildman–Crippen MR) is 97.2 cm³/mol. The first kappa shape index (κ1) is 18.0. The average Bonchev–Trinajstić information content (AvgIpc) is 3.07. The molecule has 0 spiro atoms. The molecule has 1 heterocycles. The molecule has 4 nitrogen and oxygen atoms in total. The fourth-order valence-electron chi connectivity index (χ4n) is 4.32. The number of hydrogen-bond acceptors (Lipinski definition) is 3. The minimum Gasteiger partial charge on any atom is -0.467 e. The normalized spacial score (nSPS) is 20.4. The maximum Gasteiger partial charge on any atom is 0.328 e. The highest BCUT2D eigenvalue weighted by Crippen LogP contribution is 2.30. The van der Waals surface area contributed by atoms with Gasteiger partial charge in [-0.3, -0.25) is 4.79 Å². The lowest BCUT2D eigenvalue weighted by Gasteiger charge is -2.33. The fraction of sp³-hybridized carbons (Fsp3) is 0.619. The van der Waals surface area contributed by atoms with Crippen molar-refractivity contribution in [3.8, 4) is 0 Å². The summed E-state index contributed by atoms with van der Waals surface area (Å²) in [5, 5.41) is 0. The molecule has 1 aromatic carbocycles. The number of carbonyl (C=O) groups excluding carboxylic acids is 2. The third-order valence-electron chi connectivity index (χ3n) is 5.68. The van der Waals surface area contributed by atoms with Crippen LogP contribution in [0.5, 0.6) is 0 Å². The van der Waals surface area contributed by atoms with E-state index in [1.807, 2.05) is 0 Å². The molecular formula is C21H29NO3. The van der Waals surface area contributed by atoms with Crippen LogP contribution in [0.25, 0.3) is 0 Å². The van der Waals surface area contributed by atoms with Gasteiger partial charge in [0.05, 0.1) is 7.11 Å². The Morgan fingerprint density at radius 3 is 2.52 bits per heavy atom. The number of esters is 1. The van der Waals surface area contributed by atoms with Gasteiger partial charge in [-0.05, 0) is 62.0 Å². The van der Waals surface area contributed by atoms with Crippen LogP contribution >= 0.6 is 0 Å². The molecule has 1 amide bonds. The summed E-state index contributed by atoms with van der Waals surface area (Å²) < 4.78 is 4.86. The molecule has 1 unspecified atom stereocenters. The highest BCUT2D eigenvalue weighted by molar-refractivity contribution is 5.84. The van der Waals surface area contributed by atoms with Crippen molar-refractivity contribution < 1.29 is 14.3 Å². The average molecular weight is 343 g/mol. The van der Waals surface area contributed by atoms with Gasteiger partial charge in [0.1, 0.15) is 6.04 Å². The second kappa shape index (κ2) is 8.50. The van der Waals surface area contributed by atoms with E-state index >= 15 is 0 Å². The molecule has 1 fully saturated rings. The van der Waals surface area contributed by atoms with Crippen LogP contribution in [0.15, 0.2) is 24.3 Å². The molecule has 1 saturated heterocycles. The largest absolute Gasteiger partial charge is 0.467 e. The first-order chi connectivity index (χ1) is 12.2. The number of amides is 1. The highest BCUT2D eigenvalue weighted by Gasteiger charge is 2.32. The summed E-state index contributed by atoms with van der Waals surface area (Å²) in [6.07, 6.45) is 8.80. The van der Waals surface area contributed by atoms with Crippen molar-refractivity contribution in [1.82, 2.24) is 4.90 Å². The van der Waals surface area contributed by atoms with E-state index in [2.05, 4.69) is 24.3 Å². The third kappa shape index (κ3) is 4.42. The molecule has 1 aliphatic carbocycles. The minimum atomic E-state index is -0.365. The van der Waals surface area contributed by atoms with E-state index in [0.29, 0.717) is 13.0 Å². The van der Waals surface area contributed by atoms with E-state index in [-0.39, 0.29) is 17.9 Å². The zero-order valence-corrected chi connectivity index (χ0v) is 15.2. The van der Waals surface area contributed by atoms with Crippen LogP contribution in [-0.4, -0.2) is 36.5 Å². The van der Waals surface area contributed by atoms with Gasteiger partial charge in [-0.2, -0.15) is 0 Å². The lowest BCUT2D eigenvalue weighted by Crippen LogP contribution is -2.48. The standard InChI is InChI=1S/C21H29NO3/c1-25-21(24)19-11-6-7-13-22(19)20(23)12-5-2-8-16-14-17-9-3-4-10-18(17)15-16/h3-4,9-10,16,19H,2,5-8,11-15H2,1H3. The van der Waals surface area contributed by atoms with Crippen molar-refractivity contribution in [2.24, 2.45) is 5.92 Å². The minimum absolute atomic E-state index is 0.116. The molecule has 0 saturated carbocycles. The fourth-order valence-corrected chi connectivity index (χ4v) is 4.32. The molecule has 136 valence electrons. The summed E-state index contributed by atoms with van der Waals surface area (Å²) in [7, 11) is 1.40. The van der Waals surface area contributed by atoms with E-state index < -0.39 is 0 Å². The van der Waals surface area contributed by atoms with Gasteiger partial charge in [0.25, 0.3) is 0 Å². The van der Waals surface area contributed by atoms with Gasteiger partial charge in [-0.15, -0.1) is 0 Å².